The van der Waals surface area contributed by atoms with Gasteiger partial charge in [0.2, 0.25) is 0 Å². The molecule has 0 radical (unpaired) electrons. The second-order valence-electron chi connectivity index (χ2n) is 2.76. The van der Waals surface area contributed by atoms with Crippen molar-refractivity contribution >= 4 is 22.5 Å². The van der Waals surface area contributed by atoms with E-state index in [9.17, 15) is 14.9 Å². The van der Waals surface area contributed by atoms with Gasteiger partial charge in [-0.3, -0.25) is 14.9 Å². The first-order chi connectivity index (χ1) is 7.56. The zero-order valence-corrected chi connectivity index (χ0v) is 8.59. The van der Waals surface area contributed by atoms with E-state index in [1.807, 2.05) is 0 Å². The number of hydrogen-bond donors (Lipinski definition) is 0. The van der Waals surface area contributed by atoms with Crippen molar-refractivity contribution in [2.45, 2.75) is 6.54 Å². The van der Waals surface area contributed by atoms with Gasteiger partial charge in [0.25, 0.3) is 10.9 Å². The first-order valence-electron chi connectivity index (χ1n) is 4.04. The number of nitrogens with zero attached hydrogens (tertiary/aromatic N) is 4. The van der Waals surface area contributed by atoms with E-state index in [2.05, 4.69) is 10.0 Å². The van der Waals surface area contributed by atoms with Gasteiger partial charge in [0.1, 0.15) is 0 Å². The Hall–Kier alpha value is -2.11. The molecule has 0 aliphatic rings. The number of nitro benzene ring substituents is 1. The molecule has 0 N–H and O–H groups in total. The van der Waals surface area contributed by atoms with Crippen LogP contribution in [0.3, 0.4) is 0 Å². The van der Waals surface area contributed by atoms with Gasteiger partial charge in [-0.25, -0.2) is 0 Å². The minimum Gasteiger partial charge on any atom is -0.276 e. The van der Waals surface area contributed by atoms with E-state index in [0.717, 1.165) is 12.1 Å². The fourth-order valence-corrected chi connectivity index (χ4v) is 1.31. The van der Waals surface area contributed by atoms with Gasteiger partial charge >= 0.3 is 0 Å². The summed E-state index contributed by atoms with van der Waals surface area (Å²) in [6.45, 7) is -0.161. The minimum atomic E-state index is -0.752. The lowest BCUT2D eigenvalue weighted by atomic mass is 10.1. The van der Waals surface area contributed by atoms with Crippen LogP contribution in [0.1, 0.15) is 15.9 Å². The van der Waals surface area contributed by atoms with Crippen LogP contribution in [0.4, 0.5) is 5.69 Å². The number of carbonyl (C=O) groups excluding carboxylic acids is 1. The number of nitro groups is 1. The molecule has 0 spiro atoms. The number of halogens is 1. The molecule has 0 unspecified atom stereocenters. The second-order valence-corrected chi connectivity index (χ2v) is 3.10. The number of benzene rings is 1. The number of carbonyl (C=O) groups is 1. The molecule has 0 bridgehead atoms. The van der Waals surface area contributed by atoms with Crippen LogP contribution in [0, 0.1) is 10.1 Å². The summed E-state index contributed by atoms with van der Waals surface area (Å²) in [6.07, 6.45) is 0. The van der Waals surface area contributed by atoms with Crippen molar-refractivity contribution in [3.63, 3.8) is 0 Å². The molecule has 0 amide bonds. The highest BCUT2D eigenvalue weighted by Gasteiger charge is 2.13. The Bertz CT molecular complexity index is 496. The number of azide groups is 1. The molecular formula is C8H5ClN4O3. The van der Waals surface area contributed by atoms with Crippen LogP contribution in [0.2, 0.25) is 0 Å². The molecule has 0 fully saturated rings. The molecule has 82 valence electrons. The number of rotatable bonds is 4. The molecule has 16 heavy (non-hydrogen) atoms. The summed E-state index contributed by atoms with van der Waals surface area (Å²) in [4.78, 5) is 23.4. The molecule has 0 aliphatic carbocycles. The van der Waals surface area contributed by atoms with Crippen molar-refractivity contribution in [1.29, 1.82) is 0 Å². The van der Waals surface area contributed by atoms with Gasteiger partial charge in [-0.15, -0.1) is 0 Å². The van der Waals surface area contributed by atoms with E-state index < -0.39 is 10.2 Å². The number of non-ortho nitro benzene ring substituents is 1. The highest BCUT2D eigenvalue weighted by Crippen LogP contribution is 2.20. The predicted molar refractivity (Wildman–Crippen MR) is 56.1 cm³/mol. The monoisotopic (exact) mass is 240 g/mol. The molecule has 7 nitrogen and oxygen atoms in total. The Morgan fingerprint density at radius 1 is 1.62 bits per heavy atom. The summed E-state index contributed by atoms with van der Waals surface area (Å²) in [5.74, 6) is 0. The van der Waals surface area contributed by atoms with Crippen LogP contribution in [-0.4, -0.2) is 10.2 Å². The topological polar surface area (TPSA) is 109 Å². The van der Waals surface area contributed by atoms with Crippen LogP contribution >= 0.6 is 11.6 Å². The molecule has 0 aromatic heterocycles. The van der Waals surface area contributed by atoms with E-state index in [-0.39, 0.29) is 23.4 Å². The lowest BCUT2D eigenvalue weighted by Crippen LogP contribution is -1.98. The molecule has 8 heteroatoms. The molecule has 0 saturated heterocycles. The number of hydrogen-bond acceptors (Lipinski definition) is 4. The third-order valence-corrected chi connectivity index (χ3v) is 2.02. The van der Waals surface area contributed by atoms with Gasteiger partial charge in [0, 0.05) is 22.6 Å². The molecule has 0 aliphatic heterocycles. The molecule has 1 aromatic carbocycles. The third-order valence-electron chi connectivity index (χ3n) is 1.82. The minimum absolute atomic E-state index is 0.0969. The van der Waals surface area contributed by atoms with E-state index in [0.29, 0.717) is 0 Å². The average Bonchev–Trinajstić information content (AvgIpc) is 2.25. The van der Waals surface area contributed by atoms with Gasteiger partial charge in [-0.05, 0) is 28.8 Å². The summed E-state index contributed by atoms with van der Waals surface area (Å²) in [5, 5.41) is 13.0. The first kappa shape index (κ1) is 12.0. The van der Waals surface area contributed by atoms with Crippen molar-refractivity contribution in [1.82, 2.24) is 0 Å². The van der Waals surface area contributed by atoms with E-state index in [1.54, 1.807) is 0 Å². The van der Waals surface area contributed by atoms with E-state index >= 15 is 0 Å². The maximum atomic E-state index is 11.0. The van der Waals surface area contributed by atoms with Gasteiger partial charge in [-0.2, -0.15) is 0 Å². The predicted octanol–water partition coefficient (Wildman–Crippen LogP) is 2.78. The zero-order valence-electron chi connectivity index (χ0n) is 7.83. The van der Waals surface area contributed by atoms with Crippen molar-refractivity contribution in [3.05, 3.63) is 49.9 Å². The molecule has 0 heterocycles. The maximum absolute atomic E-state index is 11.0. The molecule has 1 rings (SSSR count). The summed E-state index contributed by atoms with van der Waals surface area (Å²) < 4.78 is 0. The Morgan fingerprint density at radius 3 is 2.81 bits per heavy atom. The van der Waals surface area contributed by atoms with Gasteiger partial charge < -0.3 is 0 Å². The Morgan fingerprint density at radius 2 is 2.31 bits per heavy atom. The first-order valence-corrected chi connectivity index (χ1v) is 4.42. The molecule has 0 saturated carbocycles. The third kappa shape index (κ3) is 2.69. The average molecular weight is 241 g/mol. The van der Waals surface area contributed by atoms with Crippen LogP contribution in [0.25, 0.3) is 10.4 Å². The van der Waals surface area contributed by atoms with Crippen LogP contribution < -0.4 is 0 Å². The van der Waals surface area contributed by atoms with Crippen LogP contribution in [0.5, 0.6) is 0 Å². The van der Waals surface area contributed by atoms with Crippen LogP contribution in [0.15, 0.2) is 23.3 Å². The molecular weight excluding hydrogens is 236 g/mol. The summed E-state index contributed by atoms with van der Waals surface area (Å²) >= 11 is 5.28. The van der Waals surface area contributed by atoms with Crippen molar-refractivity contribution in [2.75, 3.05) is 0 Å². The highest BCUT2D eigenvalue weighted by molar-refractivity contribution is 6.67. The summed E-state index contributed by atoms with van der Waals surface area (Å²) in [5.41, 5.74) is 8.28. The fourth-order valence-electron chi connectivity index (χ4n) is 1.12. The largest absolute Gasteiger partial charge is 0.276 e. The van der Waals surface area contributed by atoms with Gasteiger partial charge in [-0.1, -0.05) is 5.11 Å². The molecule has 0 atom stereocenters. The maximum Gasteiger partial charge on any atom is 0.269 e. The SMILES string of the molecule is [N-]=[N+]=NCc1cc([N+](=O)[O-])ccc1C(=O)Cl. The van der Waals surface area contributed by atoms with Crippen LogP contribution in [-0.2, 0) is 6.54 Å². The zero-order chi connectivity index (χ0) is 12.1. The quantitative estimate of drug-likeness (QED) is 0.201. The highest BCUT2D eigenvalue weighted by atomic mass is 35.5. The van der Waals surface area contributed by atoms with Crippen molar-refractivity contribution in [3.8, 4) is 0 Å². The lowest BCUT2D eigenvalue weighted by molar-refractivity contribution is -0.384. The lowest BCUT2D eigenvalue weighted by Gasteiger charge is -2.02. The van der Waals surface area contributed by atoms with E-state index in [1.165, 1.54) is 6.07 Å². The standard InChI is InChI=1S/C8H5ClN4O3/c9-8(14)7-2-1-6(13(15)16)3-5(7)4-11-12-10/h1-3H,4H2. The summed E-state index contributed by atoms with van der Waals surface area (Å²) in [6, 6.07) is 3.55. The van der Waals surface area contributed by atoms with Crippen molar-refractivity contribution < 1.29 is 9.72 Å². The summed E-state index contributed by atoms with van der Waals surface area (Å²) in [7, 11) is 0. The second kappa shape index (κ2) is 5.11. The normalized spacial score (nSPS) is 9.31. The smallest absolute Gasteiger partial charge is 0.269 e. The van der Waals surface area contributed by atoms with E-state index in [4.69, 9.17) is 17.1 Å². The Balaban J connectivity index is 3.25. The van der Waals surface area contributed by atoms with Gasteiger partial charge in [0.15, 0.2) is 0 Å². The Labute approximate surface area is 94.4 Å². The van der Waals surface area contributed by atoms with Gasteiger partial charge in [0.05, 0.1) is 11.5 Å². The fraction of sp³-hybridized carbons (Fsp3) is 0.125. The van der Waals surface area contributed by atoms with Crippen molar-refractivity contribution in [2.24, 2.45) is 5.11 Å². The molecule has 1 aromatic rings. The Kier molecular flexibility index (Phi) is 3.82.